The third-order valence-electron chi connectivity index (χ3n) is 2.12. The van der Waals surface area contributed by atoms with Gasteiger partial charge in [0, 0.05) is 12.3 Å². The Morgan fingerprint density at radius 2 is 1.50 bits per heavy atom. The van der Waals surface area contributed by atoms with Crippen LogP contribution in [0, 0.1) is 0 Å². The fraction of sp³-hybridized carbons (Fsp3) is 1.00. The van der Waals surface area contributed by atoms with Gasteiger partial charge in [-0.1, -0.05) is 6.92 Å². The van der Waals surface area contributed by atoms with E-state index in [9.17, 15) is 4.57 Å². The molecule has 0 aliphatic rings. The largest absolute Gasteiger partial charge is 0.330 e. The van der Waals surface area contributed by atoms with E-state index in [1.807, 2.05) is 6.92 Å². The standard InChI is InChI=1S/C8H21N2OP/c1-2-12(11,7-3-5-9)8-4-6-10/h2-10H2,1H3. The van der Waals surface area contributed by atoms with E-state index in [1.54, 1.807) is 0 Å². The number of hydrogen-bond acceptors (Lipinski definition) is 3. The fourth-order valence-electron chi connectivity index (χ4n) is 1.19. The van der Waals surface area contributed by atoms with E-state index in [-0.39, 0.29) is 0 Å². The van der Waals surface area contributed by atoms with Crippen molar-refractivity contribution in [2.24, 2.45) is 11.5 Å². The summed E-state index contributed by atoms with van der Waals surface area (Å²) in [5.74, 6) is 0. The van der Waals surface area contributed by atoms with Crippen LogP contribution in [0.3, 0.4) is 0 Å². The molecule has 0 bridgehead atoms. The van der Waals surface area contributed by atoms with Crippen molar-refractivity contribution in [1.29, 1.82) is 0 Å². The normalized spacial score (nSPS) is 11.9. The predicted octanol–water partition coefficient (Wildman–Crippen LogP) is 1.07. The molecule has 0 aliphatic carbocycles. The zero-order valence-electron chi connectivity index (χ0n) is 7.96. The maximum absolute atomic E-state index is 12.0. The van der Waals surface area contributed by atoms with Gasteiger partial charge in [0.1, 0.15) is 0 Å². The summed E-state index contributed by atoms with van der Waals surface area (Å²) in [7, 11) is -1.89. The number of hydrogen-bond donors (Lipinski definition) is 2. The molecule has 0 aromatic heterocycles. The van der Waals surface area contributed by atoms with Crippen LogP contribution in [0.25, 0.3) is 0 Å². The van der Waals surface area contributed by atoms with Crippen LogP contribution in [0.1, 0.15) is 19.8 Å². The minimum absolute atomic E-state index is 0.645. The molecule has 0 atom stereocenters. The monoisotopic (exact) mass is 192 g/mol. The maximum atomic E-state index is 12.0. The quantitative estimate of drug-likeness (QED) is 0.593. The van der Waals surface area contributed by atoms with Gasteiger partial charge in [0.2, 0.25) is 0 Å². The Morgan fingerprint density at radius 3 is 1.75 bits per heavy atom. The number of nitrogens with two attached hydrogens (primary N) is 2. The van der Waals surface area contributed by atoms with Gasteiger partial charge >= 0.3 is 0 Å². The summed E-state index contributed by atoms with van der Waals surface area (Å²) in [6.45, 7) is 3.28. The molecule has 4 heteroatoms. The summed E-state index contributed by atoms with van der Waals surface area (Å²) in [5, 5.41) is 0. The predicted molar refractivity (Wildman–Crippen MR) is 55.2 cm³/mol. The third kappa shape index (κ3) is 4.91. The van der Waals surface area contributed by atoms with Crippen LogP contribution in [0.5, 0.6) is 0 Å². The van der Waals surface area contributed by atoms with Crippen molar-refractivity contribution in [3.63, 3.8) is 0 Å². The molecule has 4 N–H and O–H groups in total. The van der Waals surface area contributed by atoms with Crippen LogP contribution in [-0.2, 0) is 4.57 Å². The summed E-state index contributed by atoms with van der Waals surface area (Å²) in [6, 6.07) is 0. The molecule has 0 saturated heterocycles. The molecule has 0 heterocycles. The van der Waals surface area contributed by atoms with Gasteiger partial charge in [-0.3, -0.25) is 0 Å². The van der Waals surface area contributed by atoms with E-state index in [0.29, 0.717) is 13.1 Å². The second-order valence-corrected chi connectivity index (χ2v) is 6.75. The molecule has 0 amide bonds. The molecule has 0 unspecified atom stereocenters. The summed E-state index contributed by atoms with van der Waals surface area (Å²) in [4.78, 5) is 0. The maximum Gasteiger partial charge on any atom is 0.0875 e. The van der Waals surface area contributed by atoms with Crippen LogP contribution < -0.4 is 11.5 Å². The summed E-state index contributed by atoms with van der Waals surface area (Å²) in [6.07, 6.45) is 4.18. The van der Waals surface area contributed by atoms with Gasteiger partial charge < -0.3 is 16.0 Å². The first-order chi connectivity index (χ1) is 5.68. The lowest BCUT2D eigenvalue weighted by Crippen LogP contribution is -2.08. The Kier molecular flexibility index (Phi) is 6.73. The van der Waals surface area contributed by atoms with Gasteiger partial charge in [-0.15, -0.1) is 0 Å². The lowest BCUT2D eigenvalue weighted by atomic mass is 10.5. The molecule has 12 heavy (non-hydrogen) atoms. The minimum Gasteiger partial charge on any atom is -0.330 e. The van der Waals surface area contributed by atoms with Gasteiger partial charge in [-0.05, 0) is 32.1 Å². The van der Waals surface area contributed by atoms with Gasteiger partial charge in [0.15, 0.2) is 0 Å². The molecule has 0 radical (unpaired) electrons. The van der Waals surface area contributed by atoms with Crippen molar-refractivity contribution in [1.82, 2.24) is 0 Å². The molecule has 0 aliphatic heterocycles. The first kappa shape index (κ1) is 12.2. The highest BCUT2D eigenvalue weighted by molar-refractivity contribution is 7.63. The lowest BCUT2D eigenvalue weighted by molar-refractivity contribution is 0.571. The zero-order valence-corrected chi connectivity index (χ0v) is 8.85. The highest BCUT2D eigenvalue weighted by Crippen LogP contribution is 2.45. The summed E-state index contributed by atoms with van der Waals surface area (Å²) < 4.78 is 12.0. The molecule has 3 nitrogen and oxygen atoms in total. The topological polar surface area (TPSA) is 69.1 Å². The second kappa shape index (κ2) is 6.64. The Hall–Kier alpha value is 0.150. The minimum atomic E-state index is -1.89. The highest BCUT2D eigenvalue weighted by Gasteiger charge is 2.17. The first-order valence-electron chi connectivity index (χ1n) is 4.65. The molecule has 0 spiro atoms. The SMILES string of the molecule is CCP(=O)(CCCN)CCCN. The fourth-order valence-corrected chi connectivity index (χ4v) is 3.56. The van der Waals surface area contributed by atoms with Gasteiger partial charge in [-0.25, -0.2) is 0 Å². The van der Waals surface area contributed by atoms with E-state index in [1.165, 1.54) is 0 Å². The molecule has 0 fully saturated rings. The van der Waals surface area contributed by atoms with E-state index in [2.05, 4.69) is 0 Å². The van der Waals surface area contributed by atoms with Crippen molar-refractivity contribution in [3.8, 4) is 0 Å². The molecule has 0 saturated carbocycles. The Morgan fingerprint density at radius 1 is 1.08 bits per heavy atom. The summed E-state index contributed by atoms with van der Waals surface area (Å²) >= 11 is 0. The van der Waals surface area contributed by atoms with Crippen molar-refractivity contribution >= 4 is 7.14 Å². The van der Waals surface area contributed by atoms with Crippen LogP contribution in [0.15, 0.2) is 0 Å². The second-order valence-electron chi connectivity index (χ2n) is 3.11. The molecular weight excluding hydrogens is 171 g/mol. The smallest absolute Gasteiger partial charge is 0.0875 e. The zero-order chi connectivity index (χ0) is 9.45. The van der Waals surface area contributed by atoms with Crippen molar-refractivity contribution < 1.29 is 4.57 Å². The Bertz CT molecular complexity index is 138. The molecule has 0 rings (SSSR count). The lowest BCUT2D eigenvalue weighted by Gasteiger charge is -2.14. The highest BCUT2D eigenvalue weighted by atomic mass is 31.2. The Labute approximate surface area is 75.3 Å². The van der Waals surface area contributed by atoms with E-state index >= 15 is 0 Å². The van der Waals surface area contributed by atoms with Crippen molar-refractivity contribution in [3.05, 3.63) is 0 Å². The number of rotatable bonds is 7. The van der Waals surface area contributed by atoms with Gasteiger partial charge in [0.25, 0.3) is 0 Å². The molecule has 0 aromatic rings. The van der Waals surface area contributed by atoms with Crippen LogP contribution in [0.4, 0.5) is 0 Å². The first-order valence-corrected chi connectivity index (χ1v) is 6.92. The van der Waals surface area contributed by atoms with E-state index in [4.69, 9.17) is 11.5 Å². The molecule has 0 aromatic carbocycles. The van der Waals surface area contributed by atoms with Crippen LogP contribution in [-0.4, -0.2) is 31.6 Å². The average molecular weight is 192 g/mol. The van der Waals surface area contributed by atoms with Crippen molar-refractivity contribution in [2.75, 3.05) is 31.6 Å². The van der Waals surface area contributed by atoms with E-state index in [0.717, 1.165) is 31.3 Å². The van der Waals surface area contributed by atoms with Gasteiger partial charge in [-0.2, -0.15) is 0 Å². The summed E-state index contributed by atoms with van der Waals surface area (Å²) in [5.41, 5.74) is 10.7. The van der Waals surface area contributed by atoms with Gasteiger partial charge in [0.05, 0.1) is 7.14 Å². The van der Waals surface area contributed by atoms with Crippen LogP contribution in [0.2, 0.25) is 0 Å². The van der Waals surface area contributed by atoms with Crippen molar-refractivity contribution in [2.45, 2.75) is 19.8 Å². The molecular formula is C8H21N2OP. The average Bonchev–Trinajstić information content (AvgIpc) is 2.11. The molecule has 74 valence electrons. The Balaban J connectivity index is 3.79. The third-order valence-corrected chi connectivity index (χ3v) is 5.53. The van der Waals surface area contributed by atoms with E-state index < -0.39 is 7.14 Å². The van der Waals surface area contributed by atoms with Crippen LogP contribution >= 0.6 is 7.14 Å².